The summed E-state index contributed by atoms with van der Waals surface area (Å²) < 4.78 is 34.1. The lowest BCUT2D eigenvalue weighted by Gasteiger charge is -2.14. The number of hydrogen-bond acceptors (Lipinski definition) is 4. The van der Waals surface area contributed by atoms with E-state index in [1.54, 1.807) is 18.2 Å². The van der Waals surface area contributed by atoms with Gasteiger partial charge in [0.1, 0.15) is 0 Å². The molecule has 0 saturated carbocycles. The Morgan fingerprint density at radius 1 is 1.39 bits per heavy atom. The van der Waals surface area contributed by atoms with E-state index in [-0.39, 0.29) is 18.1 Å². The fraction of sp³-hybridized carbons (Fsp3) is 0.500. The van der Waals surface area contributed by atoms with Crippen LogP contribution in [0.15, 0.2) is 18.2 Å². The maximum Gasteiger partial charge on any atom is 0.387 e. The molecule has 0 heterocycles. The first-order valence-electron chi connectivity index (χ1n) is 5.61. The van der Waals surface area contributed by atoms with Crippen LogP contribution in [-0.2, 0) is 6.54 Å². The van der Waals surface area contributed by atoms with Crippen LogP contribution in [0.3, 0.4) is 0 Å². The standard InChI is InChI=1S/C12H17F2NO3/c1-17-10-5-2-4-9(8-15-6-3-7-16)11(10)18-12(13)14/h2,4-5,12,15-16H,3,6-8H2,1H3. The first-order chi connectivity index (χ1) is 8.69. The number of para-hydroxylation sites is 1. The van der Waals surface area contributed by atoms with Gasteiger partial charge in [-0.25, -0.2) is 0 Å². The third-order valence-corrected chi connectivity index (χ3v) is 2.31. The second kappa shape index (κ2) is 7.84. The fourth-order valence-electron chi connectivity index (χ4n) is 1.51. The molecule has 0 amide bonds. The van der Waals surface area contributed by atoms with Crippen molar-refractivity contribution in [3.63, 3.8) is 0 Å². The zero-order valence-electron chi connectivity index (χ0n) is 10.2. The second-order valence-corrected chi connectivity index (χ2v) is 3.58. The van der Waals surface area contributed by atoms with Crippen molar-refractivity contribution in [1.29, 1.82) is 0 Å². The van der Waals surface area contributed by atoms with Crippen LogP contribution in [-0.4, -0.2) is 32.0 Å². The van der Waals surface area contributed by atoms with Crippen molar-refractivity contribution >= 4 is 0 Å². The van der Waals surface area contributed by atoms with Crippen LogP contribution in [0.1, 0.15) is 12.0 Å². The molecule has 0 unspecified atom stereocenters. The normalized spacial score (nSPS) is 10.7. The highest BCUT2D eigenvalue weighted by atomic mass is 19.3. The van der Waals surface area contributed by atoms with Crippen LogP contribution < -0.4 is 14.8 Å². The van der Waals surface area contributed by atoms with Crippen LogP contribution >= 0.6 is 0 Å². The third kappa shape index (κ3) is 4.46. The van der Waals surface area contributed by atoms with E-state index in [1.165, 1.54) is 7.11 Å². The predicted molar refractivity (Wildman–Crippen MR) is 63.0 cm³/mol. The molecule has 0 spiro atoms. The summed E-state index contributed by atoms with van der Waals surface area (Å²) in [6.07, 6.45) is 0.606. The second-order valence-electron chi connectivity index (χ2n) is 3.58. The molecule has 102 valence electrons. The molecule has 2 N–H and O–H groups in total. The first-order valence-corrected chi connectivity index (χ1v) is 5.61. The first kappa shape index (κ1) is 14.7. The molecular weight excluding hydrogens is 244 g/mol. The van der Waals surface area contributed by atoms with Crippen LogP contribution in [0.4, 0.5) is 8.78 Å². The molecule has 18 heavy (non-hydrogen) atoms. The van der Waals surface area contributed by atoms with E-state index in [4.69, 9.17) is 9.84 Å². The zero-order valence-corrected chi connectivity index (χ0v) is 10.2. The van der Waals surface area contributed by atoms with Gasteiger partial charge in [0, 0.05) is 18.7 Å². The number of aliphatic hydroxyl groups is 1. The summed E-state index contributed by atoms with van der Waals surface area (Å²) in [4.78, 5) is 0. The van der Waals surface area contributed by atoms with Gasteiger partial charge in [0.2, 0.25) is 0 Å². The Balaban J connectivity index is 2.75. The Labute approximate surface area is 105 Å². The van der Waals surface area contributed by atoms with Gasteiger partial charge in [-0.2, -0.15) is 8.78 Å². The molecule has 0 saturated heterocycles. The van der Waals surface area contributed by atoms with E-state index in [1.807, 2.05) is 0 Å². The summed E-state index contributed by atoms with van der Waals surface area (Å²) in [5, 5.41) is 11.7. The number of ether oxygens (including phenoxy) is 2. The molecule has 0 bridgehead atoms. The van der Waals surface area contributed by atoms with Gasteiger partial charge < -0.3 is 19.9 Å². The number of halogens is 2. The molecule has 0 radical (unpaired) electrons. The number of rotatable bonds is 8. The number of nitrogens with one attached hydrogen (secondary N) is 1. The minimum atomic E-state index is -2.89. The summed E-state index contributed by atoms with van der Waals surface area (Å²) >= 11 is 0. The Bertz CT molecular complexity index is 361. The van der Waals surface area contributed by atoms with Crippen molar-refractivity contribution in [3.05, 3.63) is 23.8 Å². The van der Waals surface area contributed by atoms with Crippen molar-refractivity contribution in [3.8, 4) is 11.5 Å². The molecule has 4 nitrogen and oxygen atoms in total. The molecule has 0 fully saturated rings. The summed E-state index contributed by atoms with van der Waals surface area (Å²) in [5.74, 6) is 0.322. The van der Waals surface area contributed by atoms with Crippen molar-refractivity contribution in [2.75, 3.05) is 20.3 Å². The van der Waals surface area contributed by atoms with Crippen LogP contribution in [0.5, 0.6) is 11.5 Å². The van der Waals surface area contributed by atoms with Gasteiger partial charge in [-0.05, 0) is 19.0 Å². The summed E-state index contributed by atoms with van der Waals surface area (Å²) in [7, 11) is 1.40. The Morgan fingerprint density at radius 2 is 2.17 bits per heavy atom. The van der Waals surface area contributed by atoms with E-state index in [9.17, 15) is 8.78 Å². The Kier molecular flexibility index (Phi) is 6.38. The predicted octanol–water partition coefficient (Wildman–Crippen LogP) is 1.77. The highest BCUT2D eigenvalue weighted by Gasteiger charge is 2.14. The number of alkyl halides is 2. The molecular formula is C12H17F2NO3. The molecule has 1 rings (SSSR count). The van der Waals surface area contributed by atoms with Crippen molar-refractivity contribution in [2.24, 2.45) is 0 Å². The summed E-state index contributed by atoms with van der Waals surface area (Å²) in [5.41, 5.74) is 0.590. The van der Waals surface area contributed by atoms with E-state index in [0.717, 1.165) is 0 Å². The highest BCUT2D eigenvalue weighted by molar-refractivity contribution is 5.46. The van der Waals surface area contributed by atoms with Gasteiger partial charge in [0.15, 0.2) is 11.5 Å². The molecule has 0 aliphatic rings. The highest BCUT2D eigenvalue weighted by Crippen LogP contribution is 2.32. The van der Waals surface area contributed by atoms with Gasteiger partial charge in [-0.1, -0.05) is 12.1 Å². The lowest BCUT2D eigenvalue weighted by atomic mass is 10.2. The van der Waals surface area contributed by atoms with Crippen molar-refractivity contribution < 1.29 is 23.4 Å². The van der Waals surface area contributed by atoms with Gasteiger partial charge in [0.25, 0.3) is 0 Å². The molecule has 1 aromatic carbocycles. The summed E-state index contributed by atoms with van der Waals surface area (Å²) in [6, 6.07) is 4.96. The van der Waals surface area contributed by atoms with Crippen molar-refractivity contribution in [2.45, 2.75) is 19.6 Å². The molecule has 0 aliphatic carbocycles. The van der Waals surface area contributed by atoms with E-state index in [0.29, 0.717) is 25.1 Å². The maximum atomic E-state index is 12.3. The fourth-order valence-corrected chi connectivity index (χ4v) is 1.51. The van der Waals surface area contributed by atoms with E-state index < -0.39 is 6.61 Å². The van der Waals surface area contributed by atoms with Gasteiger partial charge in [-0.15, -0.1) is 0 Å². The van der Waals surface area contributed by atoms with Gasteiger partial charge in [0.05, 0.1) is 7.11 Å². The zero-order chi connectivity index (χ0) is 13.4. The van der Waals surface area contributed by atoms with Crippen LogP contribution in [0.25, 0.3) is 0 Å². The van der Waals surface area contributed by atoms with Gasteiger partial charge in [-0.3, -0.25) is 0 Å². The average Bonchev–Trinajstić information content (AvgIpc) is 2.35. The number of hydrogen-bond donors (Lipinski definition) is 2. The van der Waals surface area contributed by atoms with E-state index >= 15 is 0 Å². The largest absolute Gasteiger partial charge is 0.493 e. The molecule has 0 aromatic heterocycles. The molecule has 1 aromatic rings. The topological polar surface area (TPSA) is 50.7 Å². The van der Waals surface area contributed by atoms with Crippen molar-refractivity contribution in [1.82, 2.24) is 5.32 Å². The number of aliphatic hydroxyl groups excluding tert-OH is 1. The number of benzene rings is 1. The van der Waals surface area contributed by atoms with Crippen LogP contribution in [0.2, 0.25) is 0 Å². The SMILES string of the molecule is COc1cccc(CNCCCO)c1OC(F)F. The lowest BCUT2D eigenvalue weighted by molar-refractivity contribution is -0.0518. The third-order valence-electron chi connectivity index (χ3n) is 2.31. The Morgan fingerprint density at radius 3 is 2.78 bits per heavy atom. The molecule has 6 heteroatoms. The quantitative estimate of drug-likeness (QED) is 0.700. The lowest BCUT2D eigenvalue weighted by Crippen LogP contribution is -2.17. The smallest absolute Gasteiger partial charge is 0.387 e. The van der Waals surface area contributed by atoms with Crippen LogP contribution in [0, 0.1) is 0 Å². The number of methoxy groups -OCH3 is 1. The summed E-state index contributed by atoms with van der Waals surface area (Å²) in [6.45, 7) is -1.83. The monoisotopic (exact) mass is 261 g/mol. The molecule has 0 aliphatic heterocycles. The minimum absolute atomic E-state index is 0.0477. The van der Waals surface area contributed by atoms with Gasteiger partial charge >= 0.3 is 6.61 Å². The van der Waals surface area contributed by atoms with E-state index in [2.05, 4.69) is 10.1 Å². The molecule has 0 atom stereocenters. The minimum Gasteiger partial charge on any atom is -0.493 e. The Hall–Kier alpha value is -1.40. The maximum absolute atomic E-state index is 12.3. The average molecular weight is 261 g/mol.